The molecular formula is C11H16. The fraction of sp³-hybridized carbons (Fsp3) is 0.455. The van der Waals surface area contributed by atoms with E-state index in [0.717, 1.165) is 0 Å². The van der Waals surface area contributed by atoms with Gasteiger partial charge in [0.1, 0.15) is 0 Å². The summed E-state index contributed by atoms with van der Waals surface area (Å²) < 4.78 is 0. The van der Waals surface area contributed by atoms with Gasteiger partial charge < -0.3 is 0 Å². The first-order valence-corrected chi connectivity index (χ1v) is 4.23. The van der Waals surface area contributed by atoms with E-state index in [1.54, 1.807) is 0 Å². The minimum absolute atomic E-state index is 0.630. The molecule has 0 N–H and O–H groups in total. The first-order valence-electron chi connectivity index (χ1n) is 4.23. The van der Waals surface area contributed by atoms with E-state index < -0.39 is 0 Å². The first kappa shape index (κ1) is 8.32. The van der Waals surface area contributed by atoms with Crippen LogP contribution < -0.4 is 0 Å². The molecule has 60 valence electrons. The van der Waals surface area contributed by atoms with Gasteiger partial charge in [0.15, 0.2) is 0 Å². The fourth-order valence-electron chi connectivity index (χ4n) is 1.56. The molecule has 0 aliphatic heterocycles. The number of rotatable bonds is 1. The third-order valence-electron chi connectivity index (χ3n) is 2.27. The highest BCUT2D eigenvalue weighted by Crippen LogP contribution is 2.26. The van der Waals surface area contributed by atoms with Gasteiger partial charge in [0, 0.05) is 5.92 Å². The highest BCUT2D eigenvalue weighted by Gasteiger charge is 2.14. The second-order valence-corrected chi connectivity index (χ2v) is 3.21. The molecule has 0 nitrogen and oxygen atoms in total. The van der Waals surface area contributed by atoms with Crippen molar-refractivity contribution in [2.24, 2.45) is 11.8 Å². The van der Waals surface area contributed by atoms with Gasteiger partial charge in [0.2, 0.25) is 0 Å². The molecule has 0 fully saturated rings. The van der Waals surface area contributed by atoms with Crippen molar-refractivity contribution < 1.29 is 0 Å². The maximum Gasteiger partial charge on any atom is 0.00373 e. The van der Waals surface area contributed by atoms with Crippen LogP contribution in [-0.2, 0) is 0 Å². The van der Waals surface area contributed by atoms with E-state index in [9.17, 15) is 0 Å². The normalized spacial score (nSPS) is 31.0. The summed E-state index contributed by atoms with van der Waals surface area (Å²) in [5.74, 6) is 1.29. The molecule has 0 radical (unpaired) electrons. The summed E-state index contributed by atoms with van der Waals surface area (Å²) in [5, 5.41) is 0. The number of hydrogen-bond donors (Lipinski definition) is 0. The Morgan fingerprint density at radius 2 is 2.18 bits per heavy atom. The third kappa shape index (κ3) is 1.83. The lowest BCUT2D eigenvalue weighted by Gasteiger charge is -2.21. The SMILES string of the molecule is C/C=C\C1C(C)=CC=CC1C. The van der Waals surface area contributed by atoms with Crippen molar-refractivity contribution in [3.05, 3.63) is 36.0 Å². The van der Waals surface area contributed by atoms with Crippen LogP contribution in [0.4, 0.5) is 0 Å². The van der Waals surface area contributed by atoms with Crippen molar-refractivity contribution in [3.8, 4) is 0 Å². The van der Waals surface area contributed by atoms with E-state index in [1.807, 2.05) is 0 Å². The van der Waals surface area contributed by atoms with E-state index in [1.165, 1.54) is 5.57 Å². The molecule has 2 unspecified atom stereocenters. The smallest absolute Gasteiger partial charge is 0.00373 e. The van der Waals surface area contributed by atoms with Crippen molar-refractivity contribution in [2.45, 2.75) is 20.8 Å². The lowest BCUT2D eigenvalue weighted by atomic mass is 9.84. The number of allylic oxidation sites excluding steroid dienone is 6. The molecule has 0 spiro atoms. The lowest BCUT2D eigenvalue weighted by molar-refractivity contribution is 0.574. The van der Waals surface area contributed by atoms with Gasteiger partial charge in [-0.05, 0) is 19.8 Å². The van der Waals surface area contributed by atoms with E-state index >= 15 is 0 Å². The maximum atomic E-state index is 2.28. The molecule has 1 aliphatic carbocycles. The Morgan fingerprint density at radius 3 is 2.73 bits per heavy atom. The van der Waals surface area contributed by atoms with Crippen LogP contribution in [0, 0.1) is 11.8 Å². The molecule has 0 aromatic carbocycles. The van der Waals surface area contributed by atoms with E-state index in [4.69, 9.17) is 0 Å². The molecule has 0 aromatic heterocycles. The van der Waals surface area contributed by atoms with Crippen molar-refractivity contribution in [1.29, 1.82) is 0 Å². The monoisotopic (exact) mass is 148 g/mol. The predicted molar refractivity (Wildman–Crippen MR) is 50.4 cm³/mol. The van der Waals surface area contributed by atoms with Gasteiger partial charge in [-0.15, -0.1) is 0 Å². The summed E-state index contributed by atoms with van der Waals surface area (Å²) in [6, 6.07) is 0. The molecule has 1 aliphatic rings. The summed E-state index contributed by atoms with van der Waals surface area (Å²) in [6.07, 6.45) is 11.0. The van der Waals surface area contributed by atoms with Crippen LogP contribution in [0.1, 0.15) is 20.8 Å². The van der Waals surface area contributed by atoms with Crippen LogP contribution in [0.5, 0.6) is 0 Å². The Hall–Kier alpha value is -0.780. The zero-order valence-electron chi connectivity index (χ0n) is 7.54. The molecule has 0 heteroatoms. The van der Waals surface area contributed by atoms with Gasteiger partial charge in [-0.1, -0.05) is 42.9 Å². The molecule has 1 rings (SSSR count). The molecule has 0 amide bonds. The second kappa shape index (κ2) is 3.56. The largest absolute Gasteiger partial charge is 0.0910 e. The van der Waals surface area contributed by atoms with Crippen LogP contribution in [-0.4, -0.2) is 0 Å². The summed E-state index contributed by atoms with van der Waals surface area (Å²) in [7, 11) is 0. The van der Waals surface area contributed by atoms with Gasteiger partial charge in [0.25, 0.3) is 0 Å². The minimum Gasteiger partial charge on any atom is -0.0910 e. The Morgan fingerprint density at radius 1 is 1.45 bits per heavy atom. The summed E-state index contributed by atoms with van der Waals surface area (Å²) in [5.41, 5.74) is 1.47. The zero-order chi connectivity index (χ0) is 8.27. The Kier molecular flexibility index (Phi) is 2.70. The van der Waals surface area contributed by atoms with Gasteiger partial charge in [-0.3, -0.25) is 0 Å². The maximum absolute atomic E-state index is 2.28. The molecule has 0 saturated heterocycles. The van der Waals surface area contributed by atoms with Crippen LogP contribution in [0.3, 0.4) is 0 Å². The van der Waals surface area contributed by atoms with Gasteiger partial charge >= 0.3 is 0 Å². The molecule has 11 heavy (non-hydrogen) atoms. The van der Waals surface area contributed by atoms with Crippen LogP contribution in [0.15, 0.2) is 36.0 Å². The quantitative estimate of drug-likeness (QED) is 0.500. The van der Waals surface area contributed by atoms with Crippen LogP contribution >= 0.6 is 0 Å². The Labute approximate surface area is 69.3 Å². The van der Waals surface area contributed by atoms with Gasteiger partial charge in [0.05, 0.1) is 0 Å². The average molecular weight is 148 g/mol. The Bertz CT molecular complexity index is 206. The highest BCUT2D eigenvalue weighted by molar-refractivity contribution is 5.24. The molecule has 2 atom stereocenters. The molecule has 0 bridgehead atoms. The van der Waals surface area contributed by atoms with E-state index in [-0.39, 0.29) is 0 Å². The molecule has 0 saturated carbocycles. The van der Waals surface area contributed by atoms with Gasteiger partial charge in [-0.2, -0.15) is 0 Å². The van der Waals surface area contributed by atoms with E-state index in [0.29, 0.717) is 11.8 Å². The van der Waals surface area contributed by atoms with Crippen LogP contribution in [0.2, 0.25) is 0 Å². The van der Waals surface area contributed by atoms with Crippen LogP contribution in [0.25, 0.3) is 0 Å². The summed E-state index contributed by atoms with van der Waals surface area (Å²) in [6.45, 7) is 6.54. The van der Waals surface area contributed by atoms with Crippen molar-refractivity contribution in [2.75, 3.05) is 0 Å². The average Bonchev–Trinajstić information content (AvgIpc) is 1.97. The minimum atomic E-state index is 0.630. The van der Waals surface area contributed by atoms with Crippen molar-refractivity contribution >= 4 is 0 Å². The molecular weight excluding hydrogens is 132 g/mol. The summed E-state index contributed by atoms with van der Waals surface area (Å²) >= 11 is 0. The second-order valence-electron chi connectivity index (χ2n) is 3.21. The van der Waals surface area contributed by atoms with Gasteiger partial charge in [-0.25, -0.2) is 0 Å². The standard InChI is InChI=1S/C11H16/c1-4-6-11-9(2)7-5-8-10(11)3/h4-9,11H,1-3H3/b6-4-. The highest BCUT2D eigenvalue weighted by atomic mass is 14.2. The number of hydrogen-bond acceptors (Lipinski definition) is 0. The van der Waals surface area contributed by atoms with E-state index in [2.05, 4.69) is 51.2 Å². The Balaban J connectivity index is 2.77. The third-order valence-corrected chi connectivity index (χ3v) is 2.27. The zero-order valence-corrected chi connectivity index (χ0v) is 7.54. The molecule has 0 aromatic rings. The molecule has 0 heterocycles. The lowest BCUT2D eigenvalue weighted by Crippen LogP contribution is -2.10. The predicted octanol–water partition coefficient (Wildman–Crippen LogP) is 3.33. The topological polar surface area (TPSA) is 0 Å². The van der Waals surface area contributed by atoms with Crippen molar-refractivity contribution in [1.82, 2.24) is 0 Å². The summed E-state index contributed by atoms with van der Waals surface area (Å²) in [4.78, 5) is 0. The van der Waals surface area contributed by atoms with Crippen molar-refractivity contribution in [3.63, 3.8) is 0 Å². The fourth-order valence-corrected chi connectivity index (χ4v) is 1.56. The first-order chi connectivity index (χ1) is 5.25.